The van der Waals surface area contributed by atoms with Gasteiger partial charge in [-0.05, 0) is 25.8 Å². The van der Waals surface area contributed by atoms with E-state index in [-0.39, 0.29) is 5.69 Å². The summed E-state index contributed by atoms with van der Waals surface area (Å²) in [5.41, 5.74) is 0.447. The van der Waals surface area contributed by atoms with Gasteiger partial charge < -0.3 is 20.1 Å². The maximum absolute atomic E-state index is 11.2. The monoisotopic (exact) mass is 295 g/mol. The first-order chi connectivity index (χ1) is 10.2. The SMILES string of the molecule is COc1cc(NCC[C@@H]2CCCN2)c([N+](=O)[O-])cc1OC. The molecule has 1 aliphatic heterocycles. The number of rotatable bonds is 7. The van der Waals surface area contributed by atoms with Crippen molar-refractivity contribution in [2.75, 3.05) is 32.6 Å². The predicted molar refractivity (Wildman–Crippen MR) is 80.3 cm³/mol. The minimum absolute atomic E-state index is 0.00738. The van der Waals surface area contributed by atoms with E-state index in [1.807, 2.05) is 0 Å². The topological polar surface area (TPSA) is 85.7 Å². The molecule has 1 atom stereocenters. The van der Waals surface area contributed by atoms with E-state index in [1.54, 1.807) is 6.07 Å². The Labute approximate surface area is 123 Å². The van der Waals surface area contributed by atoms with Crippen LogP contribution in [0.15, 0.2) is 12.1 Å². The van der Waals surface area contributed by atoms with Crippen LogP contribution in [0.1, 0.15) is 19.3 Å². The Hall–Kier alpha value is -2.02. The molecule has 0 unspecified atom stereocenters. The minimum atomic E-state index is -0.419. The number of ether oxygens (including phenoxy) is 2. The molecule has 0 saturated carbocycles. The summed E-state index contributed by atoms with van der Waals surface area (Å²) in [5.74, 6) is 0.830. The van der Waals surface area contributed by atoms with Crippen LogP contribution in [0.2, 0.25) is 0 Å². The van der Waals surface area contributed by atoms with Crippen LogP contribution in [-0.2, 0) is 0 Å². The van der Waals surface area contributed by atoms with E-state index in [0.29, 0.717) is 29.8 Å². The number of anilines is 1. The Kier molecular flexibility index (Phi) is 5.21. The van der Waals surface area contributed by atoms with Crippen LogP contribution < -0.4 is 20.1 Å². The van der Waals surface area contributed by atoms with Crippen molar-refractivity contribution in [1.29, 1.82) is 0 Å². The van der Waals surface area contributed by atoms with Crippen molar-refractivity contribution in [2.24, 2.45) is 0 Å². The first-order valence-electron chi connectivity index (χ1n) is 7.03. The van der Waals surface area contributed by atoms with Crippen molar-refractivity contribution in [2.45, 2.75) is 25.3 Å². The average molecular weight is 295 g/mol. The zero-order valence-electron chi connectivity index (χ0n) is 12.3. The van der Waals surface area contributed by atoms with Crippen molar-refractivity contribution in [3.05, 3.63) is 22.2 Å². The zero-order valence-corrected chi connectivity index (χ0v) is 12.3. The molecule has 21 heavy (non-hydrogen) atoms. The molecule has 0 spiro atoms. The first-order valence-corrected chi connectivity index (χ1v) is 7.03. The Bertz CT molecular complexity index is 501. The van der Waals surface area contributed by atoms with Crippen LogP contribution in [0.3, 0.4) is 0 Å². The van der Waals surface area contributed by atoms with Gasteiger partial charge in [-0.3, -0.25) is 10.1 Å². The molecule has 0 amide bonds. The summed E-state index contributed by atoms with van der Waals surface area (Å²) in [4.78, 5) is 10.7. The van der Waals surface area contributed by atoms with Crippen LogP contribution in [0, 0.1) is 10.1 Å². The molecule has 2 N–H and O–H groups in total. The number of nitro benzene ring substituents is 1. The molecule has 1 aliphatic rings. The van der Waals surface area contributed by atoms with Gasteiger partial charge in [-0.25, -0.2) is 0 Å². The largest absolute Gasteiger partial charge is 0.493 e. The smallest absolute Gasteiger partial charge is 0.296 e. The van der Waals surface area contributed by atoms with Gasteiger partial charge in [-0.1, -0.05) is 0 Å². The second-order valence-corrected chi connectivity index (χ2v) is 4.99. The number of methoxy groups -OCH3 is 2. The third-order valence-corrected chi connectivity index (χ3v) is 3.67. The van der Waals surface area contributed by atoms with Crippen LogP contribution in [0.5, 0.6) is 11.5 Å². The third-order valence-electron chi connectivity index (χ3n) is 3.67. The predicted octanol–water partition coefficient (Wildman–Crippen LogP) is 2.17. The number of benzene rings is 1. The molecule has 1 fully saturated rings. The van der Waals surface area contributed by atoms with Gasteiger partial charge in [0.15, 0.2) is 11.5 Å². The maximum Gasteiger partial charge on any atom is 0.296 e. The highest BCUT2D eigenvalue weighted by Gasteiger charge is 2.20. The summed E-state index contributed by atoms with van der Waals surface area (Å²) in [6.45, 7) is 1.73. The normalized spacial score (nSPS) is 17.5. The van der Waals surface area contributed by atoms with E-state index in [9.17, 15) is 10.1 Å². The van der Waals surface area contributed by atoms with Gasteiger partial charge in [0.25, 0.3) is 5.69 Å². The fourth-order valence-corrected chi connectivity index (χ4v) is 2.55. The molecule has 7 nitrogen and oxygen atoms in total. The van der Waals surface area contributed by atoms with Crippen molar-refractivity contribution in [1.82, 2.24) is 5.32 Å². The molecule has 2 rings (SSSR count). The van der Waals surface area contributed by atoms with Crippen molar-refractivity contribution < 1.29 is 14.4 Å². The molecule has 0 aromatic heterocycles. The second kappa shape index (κ2) is 7.12. The molecule has 1 heterocycles. The Morgan fingerprint density at radius 1 is 1.38 bits per heavy atom. The number of nitrogens with zero attached hydrogens (tertiary/aromatic N) is 1. The summed E-state index contributed by atoms with van der Waals surface area (Å²) >= 11 is 0. The summed E-state index contributed by atoms with van der Waals surface area (Å²) in [6.07, 6.45) is 3.29. The van der Waals surface area contributed by atoms with Gasteiger partial charge >= 0.3 is 0 Å². The van der Waals surface area contributed by atoms with Crippen molar-refractivity contribution >= 4 is 11.4 Å². The molecule has 1 saturated heterocycles. The first kappa shape index (κ1) is 15.4. The number of hydrogen-bond acceptors (Lipinski definition) is 6. The lowest BCUT2D eigenvalue weighted by Crippen LogP contribution is -2.24. The lowest BCUT2D eigenvalue weighted by Gasteiger charge is -2.14. The lowest BCUT2D eigenvalue weighted by atomic mass is 10.1. The molecular weight excluding hydrogens is 274 g/mol. The van der Waals surface area contributed by atoms with Gasteiger partial charge in [-0.2, -0.15) is 0 Å². The van der Waals surface area contributed by atoms with Gasteiger partial charge in [0.05, 0.1) is 25.2 Å². The highest BCUT2D eigenvalue weighted by molar-refractivity contribution is 5.68. The quantitative estimate of drug-likeness (QED) is 0.592. The summed E-state index contributed by atoms with van der Waals surface area (Å²) < 4.78 is 10.3. The molecule has 1 aromatic rings. The summed E-state index contributed by atoms with van der Waals surface area (Å²) in [7, 11) is 2.97. The lowest BCUT2D eigenvalue weighted by molar-refractivity contribution is -0.384. The van der Waals surface area contributed by atoms with E-state index in [4.69, 9.17) is 9.47 Å². The van der Waals surface area contributed by atoms with E-state index in [2.05, 4.69) is 10.6 Å². The van der Waals surface area contributed by atoms with Gasteiger partial charge in [0, 0.05) is 18.7 Å². The number of hydrogen-bond donors (Lipinski definition) is 2. The zero-order chi connectivity index (χ0) is 15.2. The minimum Gasteiger partial charge on any atom is -0.493 e. The standard InChI is InChI=1S/C14H21N3O4/c1-20-13-8-11(12(17(18)19)9-14(13)21-2)16-7-5-10-4-3-6-15-10/h8-10,15-16H,3-7H2,1-2H3/t10-/m0/s1. The van der Waals surface area contributed by atoms with E-state index in [1.165, 1.54) is 26.7 Å². The molecule has 0 radical (unpaired) electrons. The van der Waals surface area contributed by atoms with Gasteiger partial charge in [-0.15, -0.1) is 0 Å². The molecule has 116 valence electrons. The summed E-state index contributed by atoms with van der Waals surface area (Å²) in [5, 5.41) is 17.7. The maximum atomic E-state index is 11.2. The Balaban J connectivity index is 2.10. The third kappa shape index (κ3) is 3.75. The van der Waals surface area contributed by atoms with Crippen LogP contribution in [-0.4, -0.2) is 38.3 Å². The summed E-state index contributed by atoms with van der Waals surface area (Å²) in [6, 6.07) is 3.49. The molecule has 0 bridgehead atoms. The fourth-order valence-electron chi connectivity index (χ4n) is 2.55. The van der Waals surface area contributed by atoms with Crippen LogP contribution in [0.4, 0.5) is 11.4 Å². The van der Waals surface area contributed by atoms with Crippen LogP contribution >= 0.6 is 0 Å². The van der Waals surface area contributed by atoms with E-state index in [0.717, 1.165) is 19.4 Å². The Morgan fingerprint density at radius 3 is 2.67 bits per heavy atom. The highest BCUT2D eigenvalue weighted by atomic mass is 16.6. The second-order valence-electron chi connectivity index (χ2n) is 4.99. The molecular formula is C14H21N3O4. The molecule has 1 aromatic carbocycles. The van der Waals surface area contributed by atoms with Gasteiger partial charge in [0.2, 0.25) is 0 Å². The fraction of sp³-hybridized carbons (Fsp3) is 0.571. The Morgan fingerprint density at radius 2 is 2.10 bits per heavy atom. The van der Waals surface area contributed by atoms with Crippen molar-refractivity contribution in [3.8, 4) is 11.5 Å². The highest BCUT2D eigenvalue weighted by Crippen LogP contribution is 2.37. The average Bonchev–Trinajstić information content (AvgIpc) is 2.99. The van der Waals surface area contributed by atoms with E-state index >= 15 is 0 Å². The van der Waals surface area contributed by atoms with Crippen LogP contribution in [0.25, 0.3) is 0 Å². The molecule has 0 aliphatic carbocycles. The molecule has 7 heteroatoms. The van der Waals surface area contributed by atoms with E-state index < -0.39 is 4.92 Å². The van der Waals surface area contributed by atoms with Gasteiger partial charge in [0.1, 0.15) is 5.69 Å². The van der Waals surface area contributed by atoms with Crippen molar-refractivity contribution in [3.63, 3.8) is 0 Å². The number of nitrogens with one attached hydrogen (secondary N) is 2. The number of nitro groups is 1.